The SMILES string of the molecule is CCc1cccc(CNCC(O)C(Cc2cc(F)cc(F)c2)NC(=O)c2cc(C)cc(C(=O)N(C)C3CCCCC3)c2)c1. The van der Waals surface area contributed by atoms with E-state index in [4.69, 9.17) is 0 Å². The van der Waals surface area contributed by atoms with Gasteiger partial charge in [-0.3, -0.25) is 9.59 Å². The Morgan fingerprint density at radius 2 is 1.60 bits per heavy atom. The van der Waals surface area contributed by atoms with E-state index in [1.54, 1.807) is 23.1 Å². The standard InChI is InChI=1S/C35H43F2N3O3/c1-4-24-9-8-10-25(15-24)21-38-22-33(41)32(18-26-16-29(36)20-30(37)17-26)39-34(42)27-13-23(2)14-28(19-27)35(43)40(3)31-11-6-5-7-12-31/h8-10,13-17,19-20,31-33,38,41H,4-7,11-12,18,21-22H2,1-3H3,(H,39,42). The highest BCUT2D eigenvalue weighted by atomic mass is 19.1. The van der Waals surface area contributed by atoms with Crippen LogP contribution in [0.1, 0.15) is 82.0 Å². The Bertz CT molecular complexity index is 1390. The lowest BCUT2D eigenvalue weighted by Gasteiger charge is -2.31. The number of aryl methyl sites for hydroxylation is 2. The number of aliphatic hydroxyl groups is 1. The monoisotopic (exact) mass is 591 g/mol. The topological polar surface area (TPSA) is 81.7 Å². The summed E-state index contributed by atoms with van der Waals surface area (Å²) in [6, 6.07) is 15.7. The molecule has 43 heavy (non-hydrogen) atoms. The molecule has 2 atom stereocenters. The van der Waals surface area contributed by atoms with Gasteiger partial charge in [0, 0.05) is 43.4 Å². The van der Waals surface area contributed by atoms with Gasteiger partial charge in [-0.15, -0.1) is 0 Å². The highest BCUT2D eigenvalue weighted by Crippen LogP contribution is 2.24. The van der Waals surface area contributed by atoms with Crippen molar-refractivity contribution in [2.45, 2.75) is 83.5 Å². The quantitative estimate of drug-likeness (QED) is 0.251. The maximum Gasteiger partial charge on any atom is 0.253 e. The molecule has 3 aromatic rings. The highest BCUT2D eigenvalue weighted by Gasteiger charge is 2.26. The number of hydrogen-bond acceptors (Lipinski definition) is 4. The van der Waals surface area contributed by atoms with Crippen molar-refractivity contribution in [1.29, 1.82) is 0 Å². The lowest BCUT2D eigenvalue weighted by Crippen LogP contribution is -2.48. The number of carbonyl (C=O) groups excluding carboxylic acids is 2. The largest absolute Gasteiger partial charge is 0.390 e. The zero-order valence-electron chi connectivity index (χ0n) is 25.3. The fraction of sp³-hybridized carbons (Fsp3) is 0.429. The Hall–Kier alpha value is -3.62. The summed E-state index contributed by atoms with van der Waals surface area (Å²) in [7, 11) is 1.82. The minimum Gasteiger partial charge on any atom is -0.390 e. The van der Waals surface area contributed by atoms with E-state index in [2.05, 4.69) is 29.7 Å². The minimum atomic E-state index is -1.06. The number of halogens is 2. The summed E-state index contributed by atoms with van der Waals surface area (Å²) in [6.45, 7) is 4.56. The Labute approximate surface area is 253 Å². The third kappa shape index (κ3) is 9.18. The van der Waals surface area contributed by atoms with Gasteiger partial charge in [0.25, 0.3) is 11.8 Å². The molecule has 2 amide bonds. The van der Waals surface area contributed by atoms with E-state index in [1.807, 2.05) is 26.1 Å². The van der Waals surface area contributed by atoms with Crippen LogP contribution in [0.4, 0.5) is 8.78 Å². The van der Waals surface area contributed by atoms with Crippen molar-refractivity contribution in [2.75, 3.05) is 13.6 Å². The first-order valence-corrected chi connectivity index (χ1v) is 15.2. The zero-order valence-corrected chi connectivity index (χ0v) is 25.3. The molecule has 0 spiro atoms. The second kappa shape index (κ2) is 15.2. The molecule has 3 N–H and O–H groups in total. The number of nitrogens with zero attached hydrogens (tertiary/aromatic N) is 1. The maximum atomic E-state index is 14.0. The van der Waals surface area contributed by atoms with Crippen molar-refractivity contribution < 1.29 is 23.5 Å². The molecule has 0 aliphatic heterocycles. The maximum absolute atomic E-state index is 14.0. The van der Waals surface area contributed by atoms with Crippen molar-refractivity contribution in [3.05, 3.63) is 106 Å². The summed E-state index contributed by atoms with van der Waals surface area (Å²) in [5.74, 6) is -2.07. The Morgan fingerprint density at radius 3 is 2.30 bits per heavy atom. The number of carbonyl (C=O) groups is 2. The normalized spacial score (nSPS) is 15.1. The van der Waals surface area contributed by atoms with Gasteiger partial charge in [0.05, 0.1) is 12.1 Å². The van der Waals surface area contributed by atoms with Crippen LogP contribution in [-0.4, -0.2) is 53.6 Å². The third-order valence-corrected chi connectivity index (χ3v) is 8.27. The van der Waals surface area contributed by atoms with Crippen molar-refractivity contribution in [1.82, 2.24) is 15.5 Å². The minimum absolute atomic E-state index is 0.0105. The van der Waals surface area contributed by atoms with Crippen LogP contribution in [0.5, 0.6) is 0 Å². The predicted octanol–water partition coefficient (Wildman–Crippen LogP) is 5.73. The fourth-order valence-electron chi connectivity index (χ4n) is 5.86. The van der Waals surface area contributed by atoms with Crippen LogP contribution in [0.3, 0.4) is 0 Å². The molecular formula is C35H43F2N3O3. The van der Waals surface area contributed by atoms with Gasteiger partial charge in [0.2, 0.25) is 0 Å². The average Bonchev–Trinajstić information content (AvgIpc) is 2.99. The van der Waals surface area contributed by atoms with E-state index in [-0.39, 0.29) is 30.5 Å². The first-order valence-electron chi connectivity index (χ1n) is 15.2. The molecule has 1 saturated carbocycles. The summed E-state index contributed by atoms with van der Waals surface area (Å²) < 4.78 is 28.0. The first kappa shape index (κ1) is 32.3. The van der Waals surface area contributed by atoms with Crippen LogP contribution in [0.15, 0.2) is 60.7 Å². The molecule has 0 heterocycles. The van der Waals surface area contributed by atoms with Crippen LogP contribution < -0.4 is 10.6 Å². The predicted molar refractivity (Wildman–Crippen MR) is 165 cm³/mol. The smallest absolute Gasteiger partial charge is 0.253 e. The molecule has 6 nitrogen and oxygen atoms in total. The summed E-state index contributed by atoms with van der Waals surface area (Å²) >= 11 is 0. The van der Waals surface area contributed by atoms with Crippen molar-refractivity contribution in [3.63, 3.8) is 0 Å². The molecule has 3 aromatic carbocycles. The van der Waals surface area contributed by atoms with E-state index < -0.39 is 29.7 Å². The van der Waals surface area contributed by atoms with Gasteiger partial charge < -0.3 is 20.6 Å². The first-order chi connectivity index (χ1) is 20.6. The van der Waals surface area contributed by atoms with Gasteiger partial charge in [-0.1, -0.05) is 50.5 Å². The average molecular weight is 592 g/mol. The fourth-order valence-corrected chi connectivity index (χ4v) is 5.86. The molecule has 0 aromatic heterocycles. The van der Waals surface area contributed by atoms with Crippen LogP contribution in [0, 0.1) is 18.6 Å². The Morgan fingerprint density at radius 1 is 0.930 bits per heavy atom. The van der Waals surface area contributed by atoms with Gasteiger partial charge in [-0.2, -0.15) is 0 Å². The second-order valence-corrected chi connectivity index (χ2v) is 11.7. The van der Waals surface area contributed by atoms with Crippen molar-refractivity contribution in [2.24, 2.45) is 0 Å². The molecule has 1 aliphatic carbocycles. The van der Waals surface area contributed by atoms with Crippen LogP contribution in [0.25, 0.3) is 0 Å². The molecule has 230 valence electrons. The lowest BCUT2D eigenvalue weighted by molar-refractivity contribution is 0.0696. The Kier molecular flexibility index (Phi) is 11.4. The number of amides is 2. The molecule has 8 heteroatoms. The molecule has 0 saturated heterocycles. The molecule has 4 rings (SSSR count). The van der Waals surface area contributed by atoms with Crippen LogP contribution >= 0.6 is 0 Å². The van der Waals surface area contributed by atoms with Crippen LogP contribution in [0.2, 0.25) is 0 Å². The Balaban J connectivity index is 1.50. The van der Waals surface area contributed by atoms with Gasteiger partial charge in [0.15, 0.2) is 0 Å². The molecule has 1 aliphatic rings. The van der Waals surface area contributed by atoms with E-state index in [9.17, 15) is 23.5 Å². The summed E-state index contributed by atoms with van der Waals surface area (Å²) in [5, 5.41) is 17.3. The van der Waals surface area contributed by atoms with Crippen molar-refractivity contribution in [3.8, 4) is 0 Å². The number of hydrogen-bond donors (Lipinski definition) is 3. The second-order valence-electron chi connectivity index (χ2n) is 11.7. The van der Waals surface area contributed by atoms with Gasteiger partial charge in [0.1, 0.15) is 11.6 Å². The molecule has 0 bridgehead atoms. The number of nitrogens with one attached hydrogen (secondary N) is 2. The third-order valence-electron chi connectivity index (χ3n) is 8.27. The number of rotatable bonds is 12. The molecule has 1 fully saturated rings. The van der Waals surface area contributed by atoms with E-state index in [0.717, 1.165) is 49.3 Å². The highest BCUT2D eigenvalue weighted by molar-refractivity contribution is 6.00. The van der Waals surface area contributed by atoms with E-state index >= 15 is 0 Å². The summed E-state index contributed by atoms with van der Waals surface area (Å²) in [5.41, 5.74) is 4.06. The van der Waals surface area contributed by atoms with Gasteiger partial charge in [-0.25, -0.2) is 8.78 Å². The van der Waals surface area contributed by atoms with Crippen molar-refractivity contribution >= 4 is 11.8 Å². The number of aliphatic hydroxyl groups excluding tert-OH is 1. The molecular weight excluding hydrogens is 548 g/mol. The summed E-state index contributed by atoms with van der Waals surface area (Å²) in [6.07, 6.45) is 5.19. The summed E-state index contributed by atoms with van der Waals surface area (Å²) in [4.78, 5) is 28.7. The number of benzene rings is 3. The zero-order chi connectivity index (χ0) is 30.9. The van der Waals surface area contributed by atoms with Crippen LogP contribution in [-0.2, 0) is 19.4 Å². The van der Waals surface area contributed by atoms with E-state index in [0.29, 0.717) is 17.7 Å². The lowest BCUT2D eigenvalue weighted by atomic mass is 9.94. The van der Waals surface area contributed by atoms with Gasteiger partial charge >= 0.3 is 0 Å². The van der Waals surface area contributed by atoms with E-state index in [1.165, 1.54) is 24.1 Å². The molecule has 2 unspecified atom stereocenters. The van der Waals surface area contributed by atoms with Gasteiger partial charge in [-0.05, 0) is 85.2 Å². The molecule has 0 radical (unpaired) electrons.